The summed E-state index contributed by atoms with van der Waals surface area (Å²) >= 11 is 0. The molecule has 5 rings (SSSR count). The number of hydrogen-bond acceptors (Lipinski definition) is 2. The first-order valence-corrected chi connectivity index (χ1v) is 10.00. The van der Waals surface area contributed by atoms with Gasteiger partial charge in [-0.05, 0) is 42.7 Å². The third kappa shape index (κ3) is 2.62. The molecule has 0 bridgehead atoms. The topological polar surface area (TPSA) is 40.8 Å². The number of hydrogen-bond donors (Lipinski definition) is 0. The summed E-state index contributed by atoms with van der Waals surface area (Å²) in [5, 5.41) is 12.1. The second-order valence-corrected chi connectivity index (χ2v) is 7.73. The molecule has 0 aliphatic rings. The van der Waals surface area contributed by atoms with Crippen LogP contribution in [-0.4, -0.2) is 0 Å². The quantitative estimate of drug-likeness (QED) is 0.336. The van der Waals surface area contributed by atoms with Crippen LogP contribution in [-0.2, 0) is 7.05 Å². The molecule has 0 aliphatic carbocycles. The van der Waals surface area contributed by atoms with E-state index in [0.717, 1.165) is 49.9 Å². The van der Waals surface area contributed by atoms with Gasteiger partial charge in [-0.3, -0.25) is 0 Å². The molecule has 30 heavy (non-hydrogen) atoms. The fourth-order valence-electron chi connectivity index (χ4n) is 4.37. The lowest BCUT2D eigenvalue weighted by molar-refractivity contribution is -0.660. The van der Waals surface area contributed by atoms with Crippen molar-refractivity contribution < 1.29 is 8.98 Å². The van der Waals surface area contributed by atoms with Gasteiger partial charge in [0.15, 0.2) is 11.8 Å². The molecule has 2 heterocycles. The van der Waals surface area contributed by atoms with Gasteiger partial charge >= 0.3 is 0 Å². The Bertz CT molecular complexity index is 1470. The molecule has 144 valence electrons. The Kier molecular flexibility index (Phi) is 4.15. The van der Waals surface area contributed by atoms with Gasteiger partial charge in [-0.1, -0.05) is 42.5 Å². The smallest absolute Gasteiger partial charge is 0.216 e. The Balaban J connectivity index is 1.93. The van der Waals surface area contributed by atoms with Gasteiger partial charge in [0.05, 0.1) is 5.56 Å². The molecular weight excluding hydrogens is 368 g/mol. The fraction of sp³-hybridized carbons (Fsp3) is 0.111. The first-order chi connectivity index (χ1) is 14.6. The van der Waals surface area contributed by atoms with E-state index in [1.807, 2.05) is 55.7 Å². The van der Waals surface area contributed by atoms with Crippen LogP contribution >= 0.6 is 0 Å². The second-order valence-electron chi connectivity index (χ2n) is 7.73. The first-order valence-electron chi connectivity index (χ1n) is 10.00. The zero-order valence-corrected chi connectivity index (χ0v) is 17.2. The maximum atomic E-state index is 10.1. The van der Waals surface area contributed by atoms with Crippen LogP contribution in [0.15, 0.2) is 77.3 Å². The minimum Gasteiger partial charge on any atom is -0.454 e. The summed E-state index contributed by atoms with van der Waals surface area (Å²) in [4.78, 5) is 0. The van der Waals surface area contributed by atoms with E-state index in [9.17, 15) is 5.26 Å². The number of aryl methyl sites for hydroxylation is 3. The highest BCUT2D eigenvalue weighted by Crippen LogP contribution is 2.42. The Morgan fingerprint density at radius 3 is 2.37 bits per heavy atom. The van der Waals surface area contributed by atoms with Crippen LogP contribution in [0.2, 0.25) is 0 Å². The minimum absolute atomic E-state index is 0.582. The predicted molar refractivity (Wildman–Crippen MR) is 120 cm³/mol. The average molecular weight is 389 g/mol. The van der Waals surface area contributed by atoms with E-state index < -0.39 is 0 Å². The Hall–Kier alpha value is -3.90. The number of aromatic nitrogens is 1. The highest BCUT2D eigenvalue weighted by Gasteiger charge is 2.23. The van der Waals surface area contributed by atoms with Crippen molar-refractivity contribution in [1.82, 2.24) is 0 Å². The fourth-order valence-corrected chi connectivity index (χ4v) is 4.37. The third-order valence-electron chi connectivity index (χ3n) is 5.83. The van der Waals surface area contributed by atoms with E-state index in [4.69, 9.17) is 4.42 Å². The Labute approximate surface area is 175 Å². The highest BCUT2D eigenvalue weighted by atomic mass is 16.3. The standard InChI is InChI=1S/C27H21N2O/c1-17-12-13-20-24-18(2)15-21(19-9-5-4-6-10-19)22(16-28)27(24)30-26(20)25(17)23-11-7-8-14-29(23)3/h4-15H,1-3H3/q+1. The number of fused-ring (bicyclic) bond motifs is 3. The van der Waals surface area contributed by atoms with E-state index in [1.165, 1.54) is 0 Å². The Morgan fingerprint density at radius 1 is 0.867 bits per heavy atom. The molecule has 0 unspecified atom stereocenters. The molecule has 0 aliphatic heterocycles. The van der Waals surface area contributed by atoms with E-state index in [2.05, 4.69) is 48.7 Å². The first kappa shape index (κ1) is 18.1. The number of rotatable bonds is 2. The number of pyridine rings is 1. The van der Waals surface area contributed by atoms with Crippen molar-refractivity contribution in [1.29, 1.82) is 5.26 Å². The summed E-state index contributed by atoms with van der Waals surface area (Å²) in [7, 11) is 2.04. The largest absolute Gasteiger partial charge is 0.454 e. The van der Waals surface area contributed by atoms with Gasteiger partial charge in [-0.15, -0.1) is 0 Å². The van der Waals surface area contributed by atoms with Crippen molar-refractivity contribution >= 4 is 21.9 Å². The number of benzene rings is 3. The minimum atomic E-state index is 0.582. The van der Waals surface area contributed by atoms with Crippen LogP contribution in [0.4, 0.5) is 0 Å². The van der Waals surface area contributed by atoms with Crippen molar-refractivity contribution in [3.63, 3.8) is 0 Å². The van der Waals surface area contributed by atoms with Gasteiger partial charge < -0.3 is 4.42 Å². The number of furan rings is 1. The van der Waals surface area contributed by atoms with Crippen LogP contribution in [0.5, 0.6) is 0 Å². The molecule has 5 aromatic rings. The summed E-state index contributed by atoms with van der Waals surface area (Å²) in [6.45, 7) is 4.19. The molecule has 0 saturated heterocycles. The number of nitriles is 1. The molecule has 0 atom stereocenters. The van der Waals surface area contributed by atoms with Gasteiger partial charge in [0.1, 0.15) is 24.3 Å². The lowest BCUT2D eigenvalue weighted by Crippen LogP contribution is -2.30. The average Bonchev–Trinajstić information content (AvgIpc) is 3.15. The SMILES string of the molecule is Cc1ccc2c(oc3c(C#N)c(-c4ccccc4)cc(C)c32)c1-c1cccc[n+]1C. The summed E-state index contributed by atoms with van der Waals surface area (Å²) in [6, 6.07) is 24.9. The van der Waals surface area contributed by atoms with Crippen molar-refractivity contribution in [2.45, 2.75) is 13.8 Å². The zero-order valence-electron chi connectivity index (χ0n) is 17.2. The van der Waals surface area contributed by atoms with Gasteiger partial charge in [-0.25, -0.2) is 4.57 Å². The summed E-state index contributed by atoms with van der Waals surface area (Å²) in [5.41, 5.74) is 8.40. The molecule has 3 heteroatoms. The van der Waals surface area contributed by atoms with Crippen molar-refractivity contribution in [3.05, 3.63) is 89.6 Å². The van der Waals surface area contributed by atoms with Crippen LogP contribution in [0.25, 0.3) is 44.3 Å². The molecule has 2 aromatic heterocycles. The molecule has 0 radical (unpaired) electrons. The third-order valence-corrected chi connectivity index (χ3v) is 5.83. The molecule has 0 saturated carbocycles. The molecule has 0 amide bonds. The summed E-state index contributed by atoms with van der Waals surface area (Å²) in [5.74, 6) is 0. The van der Waals surface area contributed by atoms with E-state index in [1.54, 1.807) is 0 Å². The highest BCUT2D eigenvalue weighted by molar-refractivity contribution is 6.13. The molecule has 3 aromatic carbocycles. The summed E-state index contributed by atoms with van der Waals surface area (Å²) < 4.78 is 8.60. The molecule has 0 fully saturated rings. The molecular formula is C27H21N2O+. The molecule has 3 nitrogen and oxygen atoms in total. The van der Waals surface area contributed by atoms with Gasteiger partial charge in [-0.2, -0.15) is 5.26 Å². The van der Waals surface area contributed by atoms with Gasteiger partial charge in [0, 0.05) is 28.5 Å². The van der Waals surface area contributed by atoms with Crippen molar-refractivity contribution in [2.75, 3.05) is 0 Å². The molecule has 0 N–H and O–H groups in total. The van der Waals surface area contributed by atoms with Crippen LogP contribution < -0.4 is 4.57 Å². The molecule has 0 spiro atoms. The van der Waals surface area contributed by atoms with Crippen LogP contribution in [0.1, 0.15) is 16.7 Å². The second kappa shape index (κ2) is 6.86. The lowest BCUT2D eigenvalue weighted by Gasteiger charge is -2.07. The normalized spacial score (nSPS) is 11.1. The maximum absolute atomic E-state index is 10.1. The van der Waals surface area contributed by atoms with E-state index >= 15 is 0 Å². The monoisotopic (exact) mass is 389 g/mol. The summed E-state index contributed by atoms with van der Waals surface area (Å²) in [6.07, 6.45) is 2.04. The van der Waals surface area contributed by atoms with Crippen LogP contribution in [0, 0.1) is 25.2 Å². The van der Waals surface area contributed by atoms with Gasteiger partial charge in [0.25, 0.3) is 0 Å². The van der Waals surface area contributed by atoms with E-state index in [-0.39, 0.29) is 0 Å². The van der Waals surface area contributed by atoms with Gasteiger partial charge in [0.2, 0.25) is 5.69 Å². The maximum Gasteiger partial charge on any atom is 0.216 e. The van der Waals surface area contributed by atoms with Crippen LogP contribution in [0.3, 0.4) is 0 Å². The van der Waals surface area contributed by atoms with Crippen molar-refractivity contribution in [3.8, 4) is 28.5 Å². The lowest BCUT2D eigenvalue weighted by atomic mass is 9.93. The number of nitrogens with zero attached hydrogens (tertiary/aromatic N) is 2. The predicted octanol–water partition coefficient (Wildman–Crippen LogP) is 6.23. The Morgan fingerprint density at radius 2 is 1.63 bits per heavy atom. The van der Waals surface area contributed by atoms with E-state index in [0.29, 0.717) is 11.1 Å². The zero-order chi connectivity index (χ0) is 20.8. The van der Waals surface area contributed by atoms with Crippen molar-refractivity contribution in [2.24, 2.45) is 7.05 Å².